The molecule has 1 heterocycles. The van der Waals surface area contributed by atoms with Gasteiger partial charge in [-0.15, -0.1) is 0 Å². The van der Waals surface area contributed by atoms with Gasteiger partial charge in [0.05, 0.1) is 11.1 Å². The molecule has 0 fully saturated rings. The molecule has 0 unspecified atom stereocenters. The van der Waals surface area contributed by atoms with Crippen molar-refractivity contribution >= 4 is 45.0 Å². The van der Waals surface area contributed by atoms with Gasteiger partial charge in [0, 0.05) is 28.8 Å². The van der Waals surface area contributed by atoms with Gasteiger partial charge in [0.1, 0.15) is 11.5 Å². The fraction of sp³-hybridized carbons (Fsp3) is 0.0625. The van der Waals surface area contributed by atoms with E-state index in [1.807, 2.05) is 0 Å². The summed E-state index contributed by atoms with van der Waals surface area (Å²) >= 11 is 0. The lowest BCUT2D eigenvalue weighted by molar-refractivity contribution is -0.129. The number of aromatic nitrogens is 1. The van der Waals surface area contributed by atoms with Gasteiger partial charge in [-0.2, -0.15) is 8.42 Å². The Morgan fingerprint density at radius 2 is 1.30 bits per heavy atom. The van der Waals surface area contributed by atoms with E-state index in [0.717, 1.165) is 35.9 Å². The molecule has 0 bridgehead atoms. The Morgan fingerprint density at radius 1 is 0.696 bits per heavy atom. The number of carbonyl (C=O) groups excluding carboxylic acids is 2. The molecule has 0 atom stereocenters. The first kappa shape index (κ1) is 30.1. The molecule has 7 N–H and O–H groups in total. The maximum absolute atomic E-state index is 12.7. The summed E-state index contributed by atoms with van der Waals surface area (Å²) in [4.78, 5) is 25.2. The van der Waals surface area contributed by atoms with Gasteiger partial charge in [0.25, 0.3) is 0 Å². The third-order valence-electron chi connectivity index (χ3n) is 7.59. The summed E-state index contributed by atoms with van der Waals surface area (Å²) in [5.41, 5.74) is 0.997. The highest BCUT2D eigenvalue weighted by Gasteiger charge is 2.29. The smallest absolute Gasteiger partial charge is 0.446 e. The molecular weight excluding hydrogens is 622 g/mol. The van der Waals surface area contributed by atoms with Gasteiger partial charge >= 0.3 is 10.4 Å². The molecule has 1 aliphatic rings. The predicted octanol–water partition coefficient (Wildman–Crippen LogP) is 2.35. The molecule has 46 heavy (non-hydrogen) atoms. The average Bonchev–Trinajstić information content (AvgIpc) is 3.27. The molecule has 5 aromatic rings. The zero-order valence-electron chi connectivity index (χ0n) is 23.4. The molecular formula is C32H23NO12S. The fourth-order valence-electron chi connectivity index (χ4n) is 5.53. The minimum Gasteiger partial charge on any atom is -0.508 e. The molecule has 0 aliphatic heterocycles. The van der Waals surface area contributed by atoms with Crippen LogP contribution in [0.1, 0.15) is 5.56 Å². The monoisotopic (exact) mass is 645 g/mol. The zero-order chi connectivity index (χ0) is 33.1. The average molecular weight is 646 g/mol. The number of carbonyl (C=O) groups is 2. The number of ketones is 2. The number of phenolic OH excluding ortho intramolecular Hbond substituents is 5. The lowest BCUT2D eigenvalue weighted by Gasteiger charge is -2.15. The Hall–Kier alpha value is -5.99. The molecule has 0 saturated heterocycles. The van der Waals surface area contributed by atoms with Crippen LogP contribution in [0.4, 0.5) is 0 Å². The number of rotatable bonds is 7. The molecule has 14 heteroatoms. The topological polar surface area (TPSA) is 224 Å². The Labute approximate surface area is 259 Å². The van der Waals surface area contributed by atoms with Crippen molar-refractivity contribution in [2.24, 2.45) is 0 Å². The van der Waals surface area contributed by atoms with E-state index in [0.29, 0.717) is 0 Å². The molecule has 1 aromatic heterocycles. The van der Waals surface area contributed by atoms with Crippen LogP contribution in [0.2, 0.25) is 0 Å². The number of aromatic hydroxyl groups is 6. The first-order chi connectivity index (χ1) is 21.7. The zero-order valence-corrected chi connectivity index (χ0v) is 24.2. The largest absolute Gasteiger partial charge is 0.508 e. The van der Waals surface area contributed by atoms with Crippen LogP contribution in [0.15, 0.2) is 60.7 Å². The van der Waals surface area contributed by atoms with Crippen LogP contribution >= 0.6 is 0 Å². The van der Waals surface area contributed by atoms with Gasteiger partial charge in [0.2, 0.25) is 11.6 Å². The number of nitrogens with zero attached hydrogens (tertiary/aromatic N) is 1. The Balaban J connectivity index is 1.77. The number of aryl methyl sites for hydroxylation is 2. The first-order valence-corrected chi connectivity index (χ1v) is 14.8. The van der Waals surface area contributed by atoms with Crippen molar-refractivity contribution in [3.63, 3.8) is 0 Å². The number of Topliss-reactive ketones (excluding diaryl/α,β-unsaturated/α-hetero) is 2. The number of hydrogen-bond donors (Lipinski definition) is 7. The third-order valence-corrected chi connectivity index (χ3v) is 7.98. The highest BCUT2D eigenvalue weighted by molar-refractivity contribution is 7.81. The lowest BCUT2D eigenvalue weighted by atomic mass is 9.92. The van der Waals surface area contributed by atoms with Gasteiger partial charge in [0.15, 0.2) is 28.9 Å². The maximum atomic E-state index is 12.7. The summed E-state index contributed by atoms with van der Waals surface area (Å²) in [5, 5.41) is 63.8. The fourth-order valence-corrected chi connectivity index (χ4v) is 5.90. The van der Waals surface area contributed by atoms with E-state index in [1.165, 1.54) is 34.9 Å². The lowest BCUT2D eigenvalue weighted by Crippen LogP contribution is -2.34. The molecule has 0 amide bonds. The Morgan fingerprint density at radius 3 is 1.93 bits per heavy atom. The van der Waals surface area contributed by atoms with Crippen molar-refractivity contribution in [3.05, 3.63) is 76.7 Å². The van der Waals surface area contributed by atoms with Crippen LogP contribution in [0.25, 0.3) is 45.3 Å². The van der Waals surface area contributed by atoms with Gasteiger partial charge in [-0.3, -0.25) is 14.1 Å². The van der Waals surface area contributed by atoms with E-state index < -0.39 is 56.6 Å². The van der Waals surface area contributed by atoms with Crippen LogP contribution in [0.3, 0.4) is 0 Å². The quantitative estimate of drug-likeness (QED) is 0.0770. The number of hydrogen-bond acceptors (Lipinski definition) is 11. The van der Waals surface area contributed by atoms with Gasteiger partial charge in [-0.25, -0.2) is 0 Å². The van der Waals surface area contributed by atoms with E-state index >= 15 is 0 Å². The van der Waals surface area contributed by atoms with Crippen LogP contribution in [-0.4, -0.2) is 59.7 Å². The normalized spacial score (nSPS) is 12.9. The Bertz CT molecular complexity index is 2360. The predicted molar refractivity (Wildman–Crippen MR) is 163 cm³/mol. The summed E-state index contributed by atoms with van der Waals surface area (Å²) in [6.07, 6.45) is 2.17. The molecule has 0 saturated carbocycles. The molecule has 4 aromatic carbocycles. The second kappa shape index (κ2) is 10.9. The summed E-state index contributed by atoms with van der Waals surface area (Å²) in [6, 6.07) is 13.3. The maximum Gasteiger partial charge on any atom is 0.446 e. The third kappa shape index (κ3) is 5.21. The van der Waals surface area contributed by atoms with E-state index in [9.17, 15) is 53.2 Å². The molecule has 234 valence electrons. The molecule has 0 radical (unpaired) electrons. The molecule has 0 spiro atoms. The summed E-state index contributed by atoms with van der Waals surface area (Å²) < 4.78 is 38.1. The number of phenols is 5. The van der Waals surface area contributed by atoms with Crippen LogP contribution in [0.5, 0.6) is 40.4 Å². The van der Waals surface area contributed by atoms with Crippen LogP contribution in [0, 0.1) is 0 Å². The second-order valence-corrected chi connectivity index (χ2v) is 11.5. The summed E-state index contributed by atoms with van der Waals surface area (Å²) in [6.45, 7) is 0.0193. The van der Waals surface area contributed by atoms with Crippen LogP contribution in [-0.2, 0) is 33.0 Å². The summed E-state index contributed by atoms with van der Waals surface area (Å²) in [7, 11) is -5.09. The van der Waals surface area contributed by atoms with Crippen molar-refractivity contribution in [1.29, 1.82) is 0 Å². The minimum absolute atomic E-state index is 0.00343. The van der Waals surface area contributed by atoms with Crippen molar-refractivity contribution in [2.45, 2.75) is 13.0 Å². The van der Waals surface area contributed by atoms with Gasteiger partial charge < -0.3 is 39.4 Å². The SMILES string of the molecule is O=C1C=c2c(O)c(-c3ccc(O)c(O)c3)c3c(c(-c4ccc(O)c(OS(=O)(=O)O)c4)c(O)n3CCc3ccc(O)cc3)c2=CC1=O. The van der Waals surface area contributed by atoms with Gasteiger partial charge in [-0.05, 0) is 70.8 Å². The molecule has 6 rings (SSSR count). The van der Waals surface area contributed by atoms with E-state index in [4.69, 9.17) is 0 Å². The van der Waals surface area contributed by atoms with Crippen LogP contribution < -0.4 is 14.6 Å². The van der Waals surface area contributed by atoms with Crippen molar-refractivity contribution < 1.29 is 57.4 Å². The second-order valence-electron chi connectivity index (χ2n) is 10.5. The van der Waals surface area contributed by atoms with E-state index in [-0.39, 0.29) is 62.3 Å². The van der Waals surface area contributed by atoms with Crippen molar-refractivity contribution in [2.75, 3.05) is 0 Å². The van der Waals surface area contributed by atoms with Crippen molar-refractivity contribution in [3.8, 4) is 62.6 Å². The highest BCUT2D eigenvalue weighted by Crippen LogP contribution is 2.46. The minimum atomic E-state index is -5.09. The Kier molecular flexibility index (Phi) is 7.10. The van der Waals surface area contributed by atoms with Gasteiger partial charge in [-0.1, -0.05) is 24.3 Å². The van der Waals surface area contributed by atoms with Crippen molar-refractivity contribution in [1.82, 2.24) is 4.57 Å². The standard InChI is InChI=1S/C32H23NO12S/c34-18-5-1-15(2-6-18)9-10-33-30-28(16-3-7-21(35)23(37)11-16)31(40)20-14-25(39)24(38)13-19(20)29(30)27(32(33)41)17-4-8-22(36)26(12-17)45-46(42,43)44/h1-8,11-14,34-37,40-41H,9-10H2,(H,42,43,44). The first-order valence-electron chi connectivity index (χ1n) is 13.5. The molecule has 1 aliphatic carbocycles. The summed E-state index contributed by atoms with van der Waals surface area (Å²) in [5.74, 6) is -5.12. The van der Waals surface area contributed by atoms with E-state index in [2.05, 4.69) is 4.18 Å². The molecule has 13 nitrogen and oxygen atoms in total. The number of fused-ring (bicyclic) bond motifs is 3. The number of benzene rings is 4. The highest BCUT2D eigenvalue weighted by atomic mass is 32.3. The van der Waals surface area contributed by atoms with E-state index in [1.54, 1.807) is 12.1 Å².